The highest BCUT2D eigenvalue weighted by molar-refractivity contribution is 6.23. The second-order valence-electron chi connectivity index (χ2n) is 9.09. The minimum Gasteiger partial charge on any atom is -0.252 e. The molecule has 36 heavy (non-hydrogen) atoms. The molecule has 0 saturated carbocycles. The topological polar surface area (TPSA) is 25.8 Å². The Kier molecular flexibility index (Phi) is 4.82. The summed E-state index contributed by atoms with van der Waals surface area (Å²) >= 11 is 0. The van der Waals surface area contributed by atoms with E-state index >= 15 is 0 Å². The number of fused-ring (bicyclic) bond motifs is 6. The van der Waals surface area contributed by atoms with Gasteiger partial charge >= 0.3 is 0 Å². The molecule has 0 saturated heterocycles. The van der Waals surface area contributed by atoms with Gasteiger partial charge < -0.3 is 0 Å². The maximum absolute atomic E-state index is 4.76. The summed E-state index contributed by atoms with van der Waals surface area (Å²) in [6, 6.07) is 43.2. The summed E-state index contributed by atoms with van der Waals surface area (Å²) in [6.07, 6.45) is 3.56. The molecule has 0 aliphatic heterocycles. The molecule has 0 spiro atoms. The van der Waals surface area contributed by atoms with Crippen LogP contribution >= 0.6 is 0 Å². The third-order valence-corrected chi connectivity index (χ3v) is 6.93. The van der Waals surface area contributed by atoms with Gasteiger partial charge in [0.05, 0.1) is 11.0 Å². The zero-order valence-electron chi connectivity index (χ0n) is 19.6. The van der Waals surface area contributed by atoms with Gasteiger partial charge in [0, 0.05) is 23.2 Å². The van der Waals surface area contributed by atoms with Gasteiger partial charge in [-0.1, -0.05) is 97.1 Å². The molecule has 0 N–H and O–H groups in total. The molecular formula is C34H22N2. The quantitative estimate of drug-likeness (QED) is 0.247. The lowest BCUT2D eigenvalue weighted by atomic mass is 9.91. The number of hydrogen-bond acceptors (Lipinski definition) is 2. The van der Waals surface area contributed by atoms with Crippen molar-refractivity contribution in [2.45, 2.75) is 0 Å². The van der Waals surface area contributed by atoms with E-state index in [0.29, 0.717) is 0 Å². The second-order valence-corrected chi connectivity index (χ2v) is 9.09. The predicted molar refractivity (Wildman–Crippen MR) is 151 cm³/mol. The molecular weight excluding hydrogens is 436 g/mol. The molecule has 1 heterocycles. The first-order valence-corrected chi connectivity index (χ1v) is 12.2. The van der Waals surface area contributed by atoms with Crippen LogP contribution < -0.4 is 0 Å². The molecule has 168 valence electrons. The van der Waals surface area contributed by atoms with Crippen molar-refractivity contribution in [2.75, 3.05) is 0 Å². The summed E-state index contributed by atoms with van der Waals surface area (Å²) in [5, 5.41) is 4.67. The Morgan fingerprint density at radius 1 is 0.306 bits per heavy atom. The van der Waals surface area contributed by atoms with E-state index in [4.69, 9.17) is 9.97 Å². The normalized spacial score (nSPS) is 11.3. The third-order valence-electron chi connectivity index (χ3n) is 6.93. The van der Waals surface area contributed by atoms with Crippen LogP contribution in [0.1, 0.15) is 0 Å². The van der Waals surface area contributed by atoms with E-state index in [2.05, 4.69) is 121 Å². The zero-order valence-corrected chi connectivity index (χ0v) is 19.6. The summed E-state index contributed by atoms with van der Waals surface area (Å²) in [5.41, 5.74) is 9.06. The Morgan fingerprint density at radius 2 is 0.778 bits per heavy atom. The molecule has 0 aliphatic rings. The van der Waals surface area contributed by atoms with E-state index < -0.39 is 0 Å². The van der Waals surface area contributed by atoms with Gasteiger partial charge in [-0.25, -0.2) is 0 Å². The summed E-state index contributed by atoms with van der Waals surface area (Å²) < 4.78 is 0. The summed E-state index contributed by atoms with van der Waals surface area (Å²) in [6.45, 7) is 0. The van der Waals surface area contributed by atoms with Crippen LogP contribution in [-0.2, 0) is 0 Å². The van der Waals surface area contributed by atoms with Gasteiger partial charge in [0.1, 0.15) is 0 Å². The fourth-order valence-corrected chi connectivity index (χ4v) is 5.20. The Balaban J connectivity index is 1.51. The summed E-state index contributed by atoms with van der Waals surface area (Å²) in [4.78, 5) is 9.47. The van der Waals surface area contributed by atoms with Gasteiger partial charge in [0.15, 0.2) is 0 Å². The number of rotatable bonds is 3. The van der Waals surface area contributed by atoms with Crippen LogP contribution in [0.15, 0.2) is 134 Å². The van der Waals surface area contributed by atoms with Gasteiger partial charge in [-0.2, -0.15) is 0 Å². The van der Waals surface area contributed by atoms with Gasteiger partial charge in [0.25, 0.3) is 0 Å². The highest BCUT2D eigenvalue weighted by Crippen LogP contribution is 2.37. The fraction of sp³-hybridized carbons (Fsp3) is 0. The van der Waals surface area contributed by atoms with Crippen LogP contribution in [-0.4, -0.2) is 9.97 Å². The average Bonchev–Trinajstić information content (AvgIpc) is 2.98. The minimum atomic E-state index is 0.940. The molecule has 2 heteroatoms. The van der Waals surface area contributed by atoms with E-state index in [1.807, 2.05) is 0 Å². The highest BCUT2D eigenvalue weighted by atomic mass is 14.8. The number of nitrogens with zero attached hydrogens (tertiary/aromatic N) is 2. The molecule has 0 unspecified atom stereocenters. The smallest absolute Gasteiger partial charge is 0.0971 e. The largest absolute Gasteiger partial charge is 0.252 e. The van der Waals surface area contributed by atoms with Crippen molar-refractivity contribution in [1.82, 2.24) is 9.97 Å². The van der Waals surface area contributed by atoms with E-state index in [1.54, 1.807) is 12.4 Å². The highest BCUT2D eigenvalue weighted by Gasteiger charge is 2.13. The molecule has 2 nitrogen and oxygen atoms in total. The molecule has 7 rings (SSSR count). The molecule has 0 aliphatic carbocycles. The van der Waals surface area contributed by atoms with E-state index in [0.717, 1.165) is 21.8 Å². The van der Waals surface area contributed by atoms with Gasteiger partial charge in [-0.3, -0.25) is 9.97 Å². The van der Waals surface area contributed by atoms with Crippen LogP contribution in [0.2, 0.25) is 0 Å². The zero-order chi connectivity index (χ0) is 23.9. The molecule has 0 amide bonds. The Bertz CT molecular complexity index is 1780. The predicted octanol–water partition coefficient (Wildman–Crippen LogP) is 8.94. The van der Waals surface area contributed by atoms with Crippen molar-refractivity contribution >= 4 is 32.6 Å². The van der Waals surface area contributed by atoms with Crippen molar-refractivity contribution < 1.29 is 0 Å². The maximum Gasteiger partial charge on any atom is 0.0971 e. The van der Waals surface area contributed by atoms with Crippen LogP contribution in [0.4, 0.5) is 0 Å². The maximum atomic E-state index is 4.76. The van der Waals surface area contributed by atoms with Crippen molar-refractivity contribution in [2.24, 2.45) is 0 Å². The van der Waals surface area contributed by atoms with Crippen LogP contribution in [0.5, 0.6) is 0 Å². The van der Waals surface area contributed by atoms with Crippen LogP contribution in [0, 0.1) is 0 Å². The monoisotopic (exact) mass is 458 g/mol. The van der Waals surface area contributed by atoms with Gasteiger partial charge in [0.2, 0.25) is 0 Å². The first-order chi connectivity index (χ1) is 17.8. The molecule has 7 aromatic rings. The number of benzene rings is 6. The van der Waals surface area contributed by atoms with E-state index in [1.165, 1.54) is 44.2 Å². The first kappa shape index (κ1) is 20.5. The standard InChI is InChI=1S/C34H22N2/c1-3-9-23(10-4-1)26-19-27(24-11-5-2-6-12-24)21-28(20-26)25-15-16-30-29-13-7-8-14-31(29)33-34(32(30)22-25)36-18-17-35-33/h1-22H. The Labute approximate surface area is 209 Å². The third kappa shape index (κ3) is 3.43. The van der Waals surface area contributed by atoms with Crippen molar-refractivity contribution in [3.05, 3.63) is 134 Å². The lowest BCUT2D eigenvalue weighted by molar-refractivity contribution is 1.31. The summed E-state index contributed by atoms with van der Waals surface area (Å²) in [7, 11) is 0. The minimum absolute atomic E-state index is 0.940. The molecule has 0 atom stereocenters. The SMILES string of the molecule is c1ccc(-c2cc(-c3ccccc3)cc(-c3ccc4c5ccccc5c5nccnc5c4c3)c2)cc1. The van der Waals surface area contributed by atoms with Gasteiger partial charge in [-0.05, 0) is 68.4 Å². The van der Waals surface area contributed by atoms with Gasteiger partial charge in [-0.15, -0.1) is 0 Å². The van der Waals surface area contributed by atoms with Crippen LogP contribution in [0.3, 0.4) is 0 Å². The molecule has 0 fully saturated rings. The second kappa shape index (κ2) is 8.44. The van der Waals surface area contributed by atoms with Crippen molar-refractivity contribution in [3.8, 4) is 33.4 Å². The molecule has 6 aromatic carbocycles. The first-order valence-electron chi connectivity index (χ1n) is 12.2. The molecule has 0 radical (unpaired) electrons. The van der Waals surface area contributed by atoms with Crippen molar-refractivity contribution in [1.29, 1.82) is 0 Å². The Morgan fingerprint density at radius 3 is 1.39 bits per heavy atom. The van der Waals surface area contributed by atoms with Crippen molar-refractivity contribution in [3.63, 3.8) is 0 Å². The fourth-order valence-electron chi connectivity index (χ4n) is 5.20. The number of aromatic nitrogens is 2. The van der Waals surface area contributed by atoms with E-state index in [-0.39, 0.29) is 0 Å². The average molecular weight is 459 g/mol. The Hall–Kier alpha value is -4.82. The lowest BCUT2D eigenvalue weighted by Crippen LogP contribution is -1.90. The molecule has 0 bridgehead atoms. The molecule has 1 aromatic heterocycles. The number of hydrogen-bond donors (Lipinski definition) is 0. The lowest BCUT2D eigenvalue weighted by Gasteiger charge is -2.13. The van der Waals surface area contributed by atoms with E-state index in [9.17, 15) is 0 Å². The van der Waals surface area contributed by atoms with Crippen LogP contribution in [0.25, 0.3) is 66.0 Å². The summed E-state index contributed by atoms with van der Waals surface area (Å²) in [5.74, 6) is 0.